The molecule has 0 aromatic heterocycles. The molecule has 0 heterocycles. The molecule has 1 aromatic carbocycles. The molecule has 0 bridgehead atoms. The van der Waals surface area contributed by atoms with Crippen LogP contribution in [0, 0.1) is 0 Å². The highest BCUT2D eigenvalue weighted by Crippen LogP contribution is 2.55. The van der Waals surface area contributed by atoms with Crippen molar-refractivity contribution in [1.82, 2.24) is 0 Å². The summed E-state index contributed by atoms with van der Waals surface area (Å²) < 4.78 is 38.7. The molecule has 0 atom stereocenters. The van der Waals surface area contributed by atoms with Crippen LogP contribution in [0.3, 0.4) is 0 Å². The van der Waals surface area contributed by atoms with Crippen molar-refractivity contribution in [1.29, 1.82) is 0 Å². The summed E-state index contributed by atoms with van der Waals surface area (Å²) in [7, 11) is -1.01. The van der Waals surface area contributed by atoms with E-state index in [2.05, 4.69) is 0 Å². The fourth-order valence-corrected chi connectivity index (χ4v) is 3.00. The highest BCUT2D eigenvalue weighted by Gasteiger charge is 2.43. The lowest BCUT2D eigenvalue weighted by Gasteiger charge is -2.32. The molecule has 0 aliphatic carbocycles. The average molecular weight is 304 g/mol. The Morgan fingerprint density at radius 3 is 1.90 bits per heavy atom. The normalized spacial score (nSPS) is 12.6. The fraction of sp³-hybridized carbons (Fsp3) is 0.538. The molecule has 0 radical (unpaired) electrons. The van der Waals surface area contributed by atoms with E-state index < -0.39 is 13.8 Å². The summed E-state index contributed by atoms with van der Waals surface area (Å²) >= 11 is 0. The standard InChI is InChI=1S/C13H21O6P/c1-5-17-20(14,18-6-2)19-13(15-3,16-4)12-10-8-7-9-11-12/h7-11H,5-6H2,1-4H3. The molecule has 114 valence electrons. The third kappa shape index (κ3) is 4.12. The van der Waals surface area contributed by atoms with Crippen molar-refractivity contribution in [2.24, 2.45) is 0 Å². The second-order valence-electron chi connectivity index (χ2n) is 3.70. The number of phosphoric acid groups is 1. The average Bonchev–Trinajstić information content (AvgIpc) is 2.46. The van der Waals surface area contributed by atoms with Gasteiger partial charge < -0.3 is 9.47 Å². The van der Waals surface area contributed by atoms with Crippen LogP contribution in [0.2, 0.25) is 0 Å². The maximum atomic E-state index is 12.5. The minimum atomic E-state index is -3.79. The van der Waals surface area contributed by atoms with Gasteiger partial charge in [0, 0.05) is 19.8 Å². The van der Waals surface area contributed by atoms with Gasteiger partial charge in [-0.15, -0.1) is 0 Å². The topological polar surface area (TPSA) is 63.2 Å². The van der Waals surface area contributed by atoms with Crippen LogP contribution < -0.4 is 0 Å². The molecule has 7 heteroatoms. The molecule has 0 saturated heterocycles. The van der Waals surface area contributed by atoms with Gasteiger partial charge in [-0.25, -0.2) is 9.09 Å². The molecule has 0 aliphatic rings. The number of hydrogen-bond acceptors (Lipinski definition) is 6. The third-order valence-corrected chi connectivity index (χ3v) is 4.08. The van der Waals surface area contributed by atoms with Crippen molar-refractivity contribution < 1.29 is 27.6 Å². The number of phosphoric ester groups is 1. The summed E-state index contributed by atoms with van der Waals surface area (Å²) in [5, 5.41) is 0. The predicted molar refractivity (Wildman–Crippen MR) is 74.1 cm³/mol. The second kappa shape index (κ2) is 7.88. The fourth-order valence-electron chi connectivity index (χ4n) is 1.64. The quantitative estimate of drug-likeness (QED) is 0.515. The number of hydrogen-bond donors (Lipinski definition) is 0. The monoisotopic (exact) mass is 304 g/mol. The molecule has 0 saturated carbocycles. The summed E-state index contributed by atoms with van der Waals surface area (Å²) in [6.07, 6.45) is 0. The largest absolute Gasteiger partial charge is 0.479 e. The third-order valence-electron chi connectivity index (χ3n) is 2.47. The minimum Gasteiger partial charge on any atom is -0.327 e. The van der Waals surface area contributed by atoms with Crippen LogP contribution in [-0.2, 0) is 33.6 Å². The van der Waals surface area contributed by atoms with Crippen LogP contribution in [0.4, 0.5) is 0 Å². The van der Waals surface area contributed by atoms with E-state index in [0.29, 0.717) is 5.56 Å². The van der Waals surface area contributed by atoms with E-state index in [4.69, 9.17) is 23.0 Å². The van der Waals surface area contributed by atoms with Crippen LogP contribution in [-0.4, -0.2) is 27.4 Å². The van der Waals surface area contributed by atoms with Gasteiger partial charge in [0.05, 0.1) is 13.2 Å². The van der Waals surface area contributed by atoms with Gasteiger partial charge in [-0.1, -0.05) is 30.3 Å². The zero-order chi connectivity index (χ0) is 15.1. The van der Waals surface area contributed by atoms with Gasteiger partial charge in [0.1, 0.15) is 0 Å². The lowest BCUT2D eigenvalue weighted by molar-refractivity contribution is -0.340. The van der Waals surface area contributed by atoms with E-state index in [0.717, 1.165) is 0 Å². The van der Waals surface area contributed by atoms with Crippen LogP contribution in [0.5, 0.6) is 0 Å². The first-order valence-corrected chi connectivity index (χ1v) is 7.77. The van der Waals surface area contributed by atoms with Gasteiger partial charge >= 0.3 is 13.8 Å². The molecule has 1 aromatic rings. The molecule has 0 unspecified atom stereocenters. The first kappa shape index (κ1) is 17.3. The van der Waals surface area contributed by atoms with Crippen LogP contribution in [0.15, 0.2) is 30.3 Å². The zero-order valence-electron chi connectivity index (χ0n) is 12.2. The van der Waals surface area contributed by atoms with Crippen LogP contribution in [0.1, 0.15) is 19.4 Å². The van der Waals surface area contributed by atoms with E-state index in [-0.39, 0.29) is 13.2 Å². The van der Waals surface area contributed by atoms with E-state index in [1.54, 1.807) is 38.1 Å². The number of ether oxygens (including phenoxy) is 2. The highest BCUT2D eigenvalue weighted by molar-refractivity contribution is 7.48. The predicted octanol–water partition coefficient (Wildman–Crippen LogP) is 3.29. The van der Waals surface area contributed by atoms with Gasteiger partial charge in [0.25, 0.3) is 0 Å². The highest BCUT2D eigenvalue weighted by atomic mass is 31.2. The molecule has 20 heavy (non-hydrogen) atoms. The van der Waals surface area contributed by atoms with Crippen LogP contribution in [0.25, 0.3) is 0 Å². The Morgan fingerprint density at radius 1 is 1.00 bits per heavy atom. The molecular weight excluding hydrogens is 283 g/mol. The van der Waals surface area contributed by atoms with Crippen molar-refractivity contribution in [3.63, 3.8) is 0 Å². The van der Waals surface area contributed by atoms with Crippen molar-refractivity contribution in [3.05, 3.63) is 35.9 Å². The summed E-state index contributed by atoms with van der Waals surface area (Å²) in [5.41, 5.74) is 0.546. The van der Waals surface area contributed by atoms with E-state index in [1.807, 2.05) is 6.07 Å². The van der Waals surface area contributed by atoms with Gasteiger partial charge in [0.15, 0.2) is 0 Å². The maximum absolute atomic E-state index is 12.5. The molecule has 0 aliphatic heterocycles. The first-order chi connectivity index (χ1) is 9.55. The molecule has 6 nitrogen and oxygen atoms in total. The lowest BCUT2D eigenvalue weighted by atomic mass is 10.2. The van der Waals surface area contributed by atoms with Crippen molar-refractivity contribution in [2.75, 3.05) is 27.4 Å². The van der Waals surface area contributed by atoms with E-state index in [1.165, 1.54) is 14.2 Å². The number of benzene rings is 1. The Morgan fingerprint density at radius 2 is 1.50 bits per heavy atom. The Kier molecular flexibility index (Phi) is 6.82. The van der Waals surface area contributed by atoms with Gasteiger partial charge in [-0.2, -0.15) is 0 Å². The summed E-state index contributed by atoms with van der Waals surface area (Å²) in [4.78, 5) is 0. The molecule has 0 spiro atoms. The zero-order valence-corrected chi connectivity index (χ0v) is 13.1. The van der Waals surface area contributed by atoms with Crippen LogP contribution >= 0.6 is 7.82 Å². The molecule has 0 fully saturated rings. The smallest absolute Gasteiger partial charge is 0.327 e. The summed E-state index contributed by atoms with van der Waals surface area (Å²) in [5.74, 6) is -1.65. The first-order valence-electron chi connectivity index (χ1n) is 6.31. The molecule has 0 amide bonds. The van der Waals surface area contributed by atoms with Gasteiger partial charge in [0.2, 0.25) is 0 Å². The lowest BCUT2D eigenvalue weighted by Crippen LogP contribution is -2.33. The van der Waals surface area contributed by atoms with Crippen molar-refractivity contribution in [2.45, 2.75) is 19.8 Å². The van der Waals surface area contributed by atoms with E-state index in [9.17, 15) is 4.57 Å². The Bertz CT molecular complexity index is 422. The maximum Gasteiger partial charge on any atom is 0.479 e. The Labute approximate surface area is 119 Å². The Hall–Kier alpha value is -0.750. The minimum absolute atomic E-state index is 0.176. The Balaban J connectivity index is 3.10. The van der Waals surface area contributed by atoms with Crippen molar-refractivity contribution >= 4 is 7.82 Å². The summed E-state index contributed by atoms with van der Waals surface area (Å²) in [6.45, 7) is 3.74. The SMILES string of the molecule is CCOP(=O)(OCC)OC(OC)(OC)c1ccccc1. The van der Waals surface area contributed by atoms with Gasteiger partial charge in [-0.05, 0) is 13.8 Å². The second-order valence-corrected chi connectivity index (χ2v) is 5.30. The number of rotatable bonds is 9. The van der Waals surface area contributed by atoms with Gasteiger partial charge in [-0.3, -0.25) is 9.05 Å². The van der Waals surface area contributed by atoms with Crippen molar-refractivity contribution in [3.8, 4) is 0 Å². The van der Waals surface area contributed by atoms with E-state index >= 15 is 0 Å². The summed E-state index contributed by atoms with van der Waals surface area (Å²) in [6, 6.07) is 8.88. The molecular formula is C13H21O6P. The molecule has 1 rings (SSSR count). The molecule has 0 N–H and O–H groups in total. The number of methoxy groups -OCH3 is 2.